The number of hydrogen-bond acceptors (Lipinski definition) is 5. The number of nitrogens with zero attached hydrogens (tertiary/aromatic N) is 5. The number of aromatic nitrogens is 3. The Morgan fingerprint density at radius 2 is 2.20 bits per heavy atom. The van der Waals surface area contributed by atoms with E-state index in [2.05, 4.69) is 10.1 Å². The molecule has 3 heterocycles. The number of hydrogen-bond donors (Lipinski definition) is 1. The third-order valence-electron chi connectivity index (χ3n) is 4.41. The predicted octanol–water partition coefficient (Wildman–Crippen LogP) is -0.0693. The minimum atomic E-state index is -0.556. The van der Waals surface area contributed by atoms with Crippen molar-refractivity contribution in [3.63, 3.8) is 0 Å². The highest BCUT2D eigenvalue weighted by molar-refractivity contribution is 5.92. The maximum atomic E-state index is 12.6. The van der Waals surface area contributed by atoms with Gasteiger partial charge in [0.2, 0.25) is 5.91 Å². The van der Waals surface area contributed by atoms with Gasteiger partial charge in [-0.2, -0.15) is 5.10 Å². The zero-order valence-corrected chi connectivity index (χ0v) is 14.5. The second-order valence-electron chi connectivity index (χ2n) is 6.36. The highest BCUT2D eigenvalue weighted by atomic mass is 16.2. The number of likely N-dealkylation sites (N-methyl/N-ethyl adjacent to an activating group) is 1. The monoisotopic (exact) mass is 342 g/mol. The predicted molar refractivity (Wildman–Crippen MR) is 91.4 cm³/mol. The minimum absolute atomic E-state index is 0.0244. The molecule has 0 aromatic carbocycles. The Labute approximate surface area is 146 Å². The van der Waals surface area contributed by atoms with Gasteiger partial charge in [-0.15, -0.1) is 0 Å². The van der Waals surface area contributed by atoms with Crippen LogP contribution in [0.2, 0.25) is 0 Å². The molecule has 0 saturated heterocycles. The van der Waals surface area contributed by atoms with Crippen LogP contribution in [0, 0.1) is 0 Å². The van der Waals surface area contributed by atoms with Gasteiger partial charge >= 0.3 is 0 Å². The maximum Gasteiger partial charge on any atom is 0.269 e. The molecule has 1 aliphatic heterocycles. The molecule has 0 bridgehead atoms. The van der Waals surface area contributed by atoms with E-state index < -0.39 is 5.91 Å². The molecular formula is C17H22N6O2. The number of nitrogens with two attached hydrogens (primary N) is 1. The summed E-state index contributed by atoms with van der Waals surface area (Å²) in [4.78, 5) is 32.0. The summed E-state index contributed by atoms with van der Waals surface area (Å²) in [5.41, 5.74) is 8.47. The maximum absolute atomic E-state index is 12.6. The second-order valence-corrected chi connectivity index (χ2v) is 6.36. The average Bonchev–Trinajstić information content (AvgIpc) is 2.92. The molecule has 132 valence electrons. The SMILES string of the molecule is CN(CC(=O)N1CCc2c(c(C(N)=O)nn2C)C1)Cc1cccnc1. The quantitative estimate of drug-likeness (QED) is 0.820. The number of amides is 2. The first-order valence-corrected chi connectivity index (χ1v) is 8.15. The number of rotatable bonds is 5. The zero-order chi connectivity index (χ0) is 18.0. The molecular weight excluding hydrogens is 320 g/mol. The normalized spacial score (nSPS) is 13.8. The summed E-state index contributed by atoms with van der Waals surface area (Å²) in [6.45, 7) is 1.94. The van der Waals surface area contributed by atoms with E-state index in [0.717, 1.165) is 16.8 Å². The number of primary amides is 1. The van der Waals surface area contributed by atoms with Gasteiger partial charge in [0.05, 0.1) is 6.54 Å². The van der Waals surface area contributed by atoms with Crippen LogP contribution in [-0.2, 0) is 31.4 Å². The summed E-state index contributed by atoms with van der Waals surface area (Å²) in [6.07, 6.45) is 4.19. The van der Waals surface area contributed by atoms with Crippen molar-refractivity contribution >= 4 is 11.8 Å². The summed E-state index contributed by atoms with van der Waals surface area (Å²) >= 11 is 0. The van der Waals surface area contributed by atoms with E-state index in [4.69, 9.17) is 5.73 Å². The number of carbonyl (C=O) groups is 2. The third kappa shape index (κ3) is 3.69. The lowest BCUT2D eigenvalue weighted by Crippen LogP contribution is -2.42. The Hall–Kier alpha value is -2.74. The van der Waals surface area contributed by atoms with Crippen molar-refractivity contribution in [3.8, 4) is 0 Å². The van der Waals surface area contributed by atoms with Crippen LogP contribution in [-0.4, -0.2) is 56.5 Å². The van der Waals surface area contributed by atoms with Crippen molar-refractivity contribution in [1.82, 2.24) is 24.6 Å². The van der Waals surface area contributed by atoms with Gasteiger partial charge in [-0.3, -0.25) is 24.2 Å². The molecule has 0 spiro atoms. The summed E-state index contributed by atoms with van der Waals surface area (Å²) in [6, 6.07) is 3.86. The molecule has 0 saturated carbocycles. The van der Waals surface area contributed by atoms with E-state index in [1.807, 2.05) is 24.1 Å². The fourth-order valence-electron chi connectivity index (χ4n) is 3.19. The van der Waals surface area contributed by atoms with Crippen LogP contribution in [0.1, 0.15) is 27.3 Å². The second kappa shape index (κ2) is 7.02. The highest BCUT2D eigenvalue weighted by Gasteiger charge is 2.28. The van der Waals surface area contributed by atoms with Gasteiger partial charge in [0, 0.05) is 56.8 Å². The Bertz CT molecular complexity index is 786. The molecule has 1 aliphatic rings. The van der Waals surface area contributed by atoms with E-state index in [0.29, 0.717) is 32.6 Å². The molecule has 0 unspecified atom stereocenters. The largest absolute Gasteiger partial charge is 0.364 e. The Morgan fingerprint density at radius 1 is 1.40 bits per heavy atom. The first kappa shape index (κ1) is 17.1. The molecule has 8 heteroatoms. The molecule has 2 N–H and O–H groups in total. The van der Waals surface area contributed by atoms with Gasteiger partial charge in [0.15, 0.2) is 5.69 Å². The van der Waals surface area contributed by atoms with Gasteiger partial charge in [-0.1, -0.05) is 6.07 Å². The first-order valence-electron chi connectivity index (χ1n) is 8.15. The van der Waals surface area contributed by atoms with E-state index in [9.17, 15) is 9.59 Å². The fraction of sp³-hybridized carbons (Fsp3) is 0.412. The molecule has 2 aromatic heterocycles. The van der Waals surface area contributed by atoms with Gasteiger partial charge < -0.3 is 10.6 Å². The molecule has 2 amide bonds. The lowest BCUT2D eigenvalue weighted by molar-refractivity contribution is -0.133. The molecule has 2 aromatic rings. The van der Waals surface area contributed by atoms with Crippen LogP contribution in [0.5, 0.6) is 0 Å². The molecule has 3 rings (SSSR count). The molecule has 0 aliphatic carbocycles. The third-order valence-corrected chi connectivity index (χ3v) is 4.41. The average molecular weight is 342 g/mol. The molecule has 0 atom stereocenters. The van der Waals surface area contributed by atoms with Crippen LogP contribution in [0.25, 0.3) is 0 Å². The zero-order valence-electron chi connectivity index (χ0n) is 14.5. The standard InChI is InChI=1S/C17H22N6O2/c1-21(9-12-4-3-6-19-8-12)11-15(24)23-7-5-14-13(10-23)16(17(18)25)20-22(14)2/h3-4,6,8H,5,7,9-11H2,1-2H3,(H2,18,25). The van der Waals surface area contributed by atoms with E-state index >= 15 is 0 Å². The van der Waals surface area contributed by atoms with Crippen molar-refractivity contribution in [2.75, 3.05) is 20.1 Å². The molecule has 0 fully saturated rings. The van der Waals surface area contributed by atoms with Gasteiger partial charge in [-0.05, 0) is 18.7 Å². The first-order chi connectivity index (χ1) is 12.0. The van der Waals surface area contributed by atoms with E-state index in [-0.39, 0.29) is 11.6 Å². The van der Waals surface area contributed by atoms with E-state index in [1.54, 1.807) is 29.0 Å². The number of fused-ring (bicyclic) bond motifs is 1. The number of pyridine rings is 1. The lowest BCUT2D eigenvalue weighted by Gasteiger charge is -2.29. The van der Waals surface area contributed by atoms with Crippen LogP contribution in [0.15, 0.2) is 24.5 Å². The summed E-state index contributed by atoms with van der Waals surface area (Å²) in [5.74, 6) is -0.531. The number of aryl methyl sites for hydroxylation is 1. The summed E-state index contributed by atoms with van der Waals surface area (Å²) < 4.78 is 1.69. The van der Waals surface area contributed by atoms with Crippen molar-refractivity contribution in [2.24, 2.45) is 12.8 Å². The van der Waals surface area contributed by atoms with Crippen molar-refractivity contribution in [1.29, 1.82) is 0 Å². The van der Waals surface area contributed by atoms with Crippen molar-refractivity contribution in [3.05, 3.63) is 47.0 Å². The van der Waals surface area contributed by atoms with Gasteiger partial charge in [0.25, 0.3) is 5.91 Å². The van der Waals surface area contributed by atoms with Gasteiger partial charge in [0.1, 0.15) is 0 Å². The van der Waals surface area contributed by atoms with Crippen molar-refractivity contribution < 1.29 is 9.59 Å². The Kier molecular flexibility index (Phi) is 4.80. The van der Waals surface area contributed by atoms with Crippen LogP contribution >= 0.6 is 0 Å². The molecule has 0 radical (unpaired) electrons. The molecule has 8 nitrogen and oxygen atoms in total. The molecule has 25 heavy (non-hydrogen) atoms. The van der Waals surface area contributed by atoms with Crippen LogP contribution < -0.4 is 5.73 Å². The van der Waals surface area contributed by atoms with Crippen LogP contribution in [0.3, 0.4) is 0 Å². The van der Waals surface area contributed by atoms with E-state index in [1.165, 1.54) is 0 Å². The van der Waals surface area contributed by atoms with Crippen LogP contribution in [0.4, 0.5) is 0 Å². The van der Waals surface area contributed by atoms with Gasteiger partial charge in [-0.25, -0.2) is 0 Å². The Balaban J connectivity index is 1.65. The summed E-state index contributed by atoms with van der Waals surface area (Å²) in [5, 5.41) is 4.19. The lowest BCUT2D eigenvalue weighted by atomic mass is 10.0. The fourth-order valence-corrected chi connectivity index (χ4v) is 3.19. The number of carbonyl (C=O) groups excluding carboxylic acids is 2. The highest BCUT2D eigenvalue weighted by Crippen LogP contribution is 2.22. The summed E-state index contributed by atoms with van der Waals surface area (Å²) in [7, 11) is 3.70. The smallest absolute Gasteiger partial charge is 0.269 e. The topological polar surface area (TPSA) is 97.4 Å². The van der Waals surface area contributed by atoms with Crippen molar-refractivity contribution in [2.45, 2.75) is 19.5 Å². The minimum Gasteiger partial charge on any atom is -0.364 e. The Morgan fingerprint density at radius 3 is 2.88 bits per heavy atom.